The van der Waals surface area contributed by atoms with Gasteiger partial charge in [-0.1, -0.05) is 48.5 Å². The molecule has 2 fully saturated rings. The van der Waals surface area contributed by atoms with Crippen molar-refractivity contribution in [3.63, 3.8) is 0 Å². The van der Waals surface area contributed by atoms with E-state index in [9.17, 15) is 0 Å². The SMILES string of the molecule is CN1CCC(NCC2CC(c3nc(-c4ccc5ccc(-c6ccccc6)nc5c4)c4c(N)nccn34)C2)CC1. The van der Waals surface area contributed by atoms with Crippen LogP contribution < -0.4 is 11.1 Å². The van der Waals surface area contributed by atoms with Crippen LogP contribution in [0.5, 0.6) is 0 Å². The summed E-state index contributed by atoms with van der Waals surface area (Å²) in [6, 6.07) is 21.6. The first-order chi connectivity index (χ1) is 19.1. The van der Waals surface area contributed by atoms with E-state index in [0.29, 0.717) is 23.7 Å². The third kappa shape index (κ3) is 4.66. The summed E-state index contributed by atoms with van der Waals surface area (Å²) in [4.78, 5) is 17.0. The fraction of sp³-hybridized carbons (Fsp3) is 0.344. The van der Waals surface area contributed by atoms with Crippen LogP contribution in [-0.2, 0) is 0 Å². The van der Waals surface area contributed by atoms with Gasteiger partial charge < -0.3 is 16.0 Å². The summed E-state index contributed by atoms with van der Waals surface area (Å²) in [5.74, 6) is 2.74. The van der Waals surface area contributed by atoms with Crippen molar-refractivity contribution in [2.45, 2.75) is 37.6 Å². The van der Waals surface area contributed by atoms with E-state index in [2.05, 4.69) is 69.1 Å². The van der Waals surface area contributed by atoms with Crippen LogP contribution in [0.15, 0.2) is 73.1 Å². The van der Waals surface area contributed by atoms with Crippen LogP contribution in [0.25, 0.3) is 38.9 Å². The average molecular weight is 518 g/mol. The summed E-state index contributed by atoms with van der Waals surface area (Å²) in [7, 11) is 2.22. The maximum absolute atomic E-state index is 6.45. The van der Waals surface area contributed by atoms with Gasteiger partial charge in [0.1, 0.15) is 22.9 Å². The molecule has 0 spiro atoms. The lowest BCUT2D eigenvalue weighted by Crippen LogP contribution is -2.44. The van der Waals surface area contributed by atoms with Crippen molar-refractivity contribution in [3.8, 4) is 22.5 Å². The van der Waals surface area contributed by atoms with Gasteiger partial charge in [-0.05, 0) is 70.4 Å². The Hall–Kier alpha value is -3.81. The molecular formula is C32H35N7. The third-order valence-electron chi connectivity index (χ3n) is 8.66. The fourth-order valence-electron chi connectivity index (χ4n) is 6.27. The molecule has 0 unspecified atom stereocenters. The number of piperidine rings is 1. The molecule has 39 heavy (non-hydrogen) atoms. The Kier molecular flexibility index (Phi) is 6.25. The van der Waals surface area contributed by atoms with E-state index in [-0.39, 0.29) is 0 Å². The predicted octanol–water partition coefficient (Wildman–Crippen LogP) is 5.37. The van der Waals surface area contributed by atoms with Crippen LogP contribution >= 0.6 is 0 Å². The topological polar surface area (TPSA) is 84.4 Å². The smallest absolute Gasteiger partial charge is 0.150 e. The molecule has 1 aliphatic heterocycles. The molecule has 0 radical (unpaired) electrons. The Morgan fingerprint density at radius 2 is 1.74 bits per heavy atom. The molecule has 0 amide bonds. The van der Waals surface area contributed by atoms with E-state index in [1.165, 1.54) is 25.9 Å². The second-order valence-electron chi connectivity index (χ2n) is 11.3. The van der Waals surface area contributed by atoms with Gasteiger partial charge in [0, 0.05) is 40.9 Å². The van der Waals surface area contributed by atoms with Gasteiger partial charge in [-0.2, -0.15) is 0 Å². The Bertz CT molecular complexity index is 1610. The molecule has 198 valence electrons. The highest BCUT2D eigenvalue weighted by atomic mass is 15.1. The van der Waals surface area contributed by atoms with Crippen LogP contribution in [0.1, 0.15) is 37.4 Å². The highest BCUT2D eigenvalue weighted by Crippen LogP contribution is 2.43. The number of anilines is 1. The summed E-state index contributed by atoms with van der Waals surface area (Å²) in [5.41, 5.74) is 12.3. The molecule has 1 saturated heterocycles. The number of benzene rings is 2. The number of pyridine rings is 1. The fourth-order valence-corrected chi connectivity index (χ4v) is 6.27. The monoisotopic (exact) mass is 517 g/mol. The van der Waals surface area contributed by atoms with Gasteiger partial charge in [-0.3, -0.25) is 4.40 Å². The molecule has 7 heteroatoms. The molecule has 1 aliphatic carbocycles. The molecular weight excluding hydrogens is 482 g/mol. The van der Waals surface area contributed by atoms with E-state index in [0.717, 1.165) is 64.1 Å². The number of nitrogens with zero attached hydrogens (tertiary/aromatic N) is 5. The molecule has 7 nitrogen and oxygen atoms in total. The number of likely N-dealkylation sites (tertiary alicyclic amines) is 1. The van der Waals surface area contributed by atoms with Crippen molar-refractivity contribution in [2.24, 2.45) is 5.92 Å². The largest absolute Gasteiger partial charge is 0.382 e. The second kappa shape index (κ2) is 10.1. The van der Waals surface area contributed by atoms with Crippen molar-refractivity contribution < 1.29 is 0 Å². The lowest BCUT2D eigenvalue weighted by atomic mass is 9.74. The molecule has 3 N–H and O–H groups in total. The molecule has 7 rings (SSSR count). The standard InChI is InChI=1S/C32H35N7/c1-38-14-11-26(12-15-38)35-20-21-17-25(18-21)32-37-29(30-31(33)34-13-16-39(30)32)24-8-7-23-9-10-27(36-28(23)19-24)22-5-3-2-4-6-22/h2-10,13,16,19,21,25-26,35H,11-12,14-15,17-18,20H2,1H3,(H2,33,34). The number of nitrogen functional groups attached to an aromatic ring is 1. The molecule has 5 aromatic rings. The third-order valence-corrected chi connectivity index (χ3v) is 8.66. The lowest BCUT2D eigenvalue weighted by molar-refractivity contribution is 0.201. The minimum Gasteiger partial charge on any atom is -0.382 e. The first kappa shape index (κ1) is 24.2. The van der Waals surface area contributed by atoms with Crippen molar-refractivity contribution in [3.05, 3.63) is 78.9 Å². The first-order valence-electron chi connectivity index (χ1n) is 14.1. The van der Waals surface area contributed by atoms with Gasteiger partial charge in [0.25, 0.3) is 0 Å². The summed E-state index contributed by atoms with van der Waals surface area (Å²) in [6.07, 6.45) is 8.60. The van der Waals surface area contributed by atoms with Crippen LogP contribution in [-0.4, -0.2) is 57.0 Å². The maximum atomic E-state index is 6.45. The Morgan fingerprint density at radius 3 is 2.56 bits per heavy atom. The van der Waals surface area contributed by atoms with Gasteiger partial charge in [-0.25, -0.2) is 15.0 Å². The van der Waals surface area contributed by atoms with Gasteiger partial charge in [-0.15, -0.1) is 0 Å². The van der Waals surface area contributed by atoms with Crippen molar-refractivity contribution in [1.29, 1.82) is 0 Å². The Labute approximate surface area is 229 Å². The van der Waals surface area contributed by atoms with Crippen molar-refractivity contribution in [1.82, 2.24) is 29.6 Å². The molecule has 3 aromatic heterocycles. The van der Waals surface area contributed by atoms with Gasteiger partial charge in [0.15, 0.2) is 0 Å². The van der Waals surface area contributed by atoms with Gasteiger partial charge in [0.2, 0.25) is 0 Å². The predicted molar refractivity (Wildman–Crippen MR) is 158 cm³/mol. The number of imidazole rings is 1. The zero-order valence-corrected chi connectivity index (χ0v) is 22.4. The van der Waals surface area contributed by atoms with Crippen LogP contribution in [0.2, 0.25) is 0 Å². The van der Waals surface area contributed by atoms with Gasteiger partial charge in [0.05, 0.1) is 11.2 Å². The number of hydrogen-bond acceptors (Lipinski definition) is 6. The van der Waals surface area contributed by atoms with Crippen LogP contribution in [0.3, 0.4) is 0 Å². The number of hydrogen-bond donors (Lipinski definition) is 2. The minimum atomic E-state index is 0.431. The summed E-state index contributed by atoms with van der Waals surface area (Å²) in [6.45, 7) is 3.49. The summed E-state index contributed by atoms with van der Waals surface area (Å²) >= 11 is 0. The number of rotatable bonds is 6. The van der Waals surface area contributed by atoms with Crippen molar-refractivity contribution in [2.75, 3.05) is 32.4 Å². The number of fused-ring (bicyclic) bond motifs is 2. The van der Waals surface area contributed by atoms with E-state index in [1.54, 1.807) is 6.20 Å². The molecule has 4 heterocycles. The van der Waals surface area contributed by atoms with Crippen LogP contribution in [0.4, 0.5) is 5.82 Å². The highest BCUT2D eigenvalue weighted by molar-refractivity contribution is 5.91. The van der Waals surface area contributed by atoms with E-state index < -0.39 is 0 Å². The second-order valence-corrected chi connectivity index (χ2v) is 11.3. The Morgan fingerprint density at radius 1 is 0.949 bits per heavy atom. The Balaban J connectivity index is 1.16. The first-order valence-corrected chi connectivity index (χ1v) is 14.1. The summed E-state index contributed by atoms with van der Waals surface area (Å²) < 4.78 is 2.17. The number of aromatic nitrogens is 4. The molecule has 0 atom stereocenters. The normalized spacial score (nSPS) is 20.4. The molecule has 1 saturated carbocycles. The number of nitrogens with one attached hydrogen (secondary N) is 1. The van der Waals surface area contributed by atoms with E-state index >= 15 is 0 Å². The van der Waals surface area contributed by atoms with Crippen LogP contribution in [0, 0.1) is 5.92 Å². The zero-order valence-electron chi connectivity index (χ0n) is 22.4. The summed E-state index contributed by atoms with van der Waals surface area (Å²) in [5, 5.41) is 4.94. The van der Waals surface area contributed by atoms with E-state index in [1.807, 2.05) is 24.4 Å². The average Bonchev–Trinajstić information content (AvgIpc) is 3.33. The molecule has 2 aliphatic rings. The van der Waals surface area contributed by atoms with E-state index in [4.69, 9.17) is 15.7 Å². The highest BCUT2D eigenvalue weighted by Gasteiger charge is 2.34. The number of nitrogens with two attached hydrogens (primary N) is 1. The zero-order chi connectivity index (χ0) is 26.3. The molecule has 0 bridgehead atoms. The quantitative estimate of drug-likeness (QED) is 0.315. The molecule has 2 aromatic carbocycles. The lowest BCUT2D eigenvalue weighted by Gasteiger charge is -2.37. The van der Waals surface area contributed by atoms with Crippen molar-refractivity contribution >= 4 is 22.2 Å². The minimum absolute atomic E-state index is 0.431. The van der Waals surface area contributed by atoms with Gasteiger partial charge >= 0.3 is 0 Å². The maximum Gasteiger partial charge on any atom is 0.150 e.